The highest BCUT2D eigenvalue weighted by atomic mass is 16.5. The first-order chi connectivity index (χ1) is 15.7. The van der Waals surface area contributed by atoms with Crippen LogP contribution in [0.4, 0.5) is 0 Å². The number of carbonyl (C=O) groups excluding carboxylic acids is 4. The molecule has 180 valence electrons. The molecule has 0 aromatic rings. The summed E-state index contributed by atoms with van der Waals surface area (Å²) in [5.74, 6) is -1.66. The van der Waals surface area contributed by atoms with Crippen LogP contribution in [-0.4, -0.2) is 66.5 Å². The lowest BCUT2D eigenvalue weighted by Gasteiger charge is -2.61. The van der Waals surface area contributed by atoms with E-state index in [9.17, 15) is 24.3 Å². The predicted molar refractivity (Wildman–Crippen MR) is 115 cm³/mol. The fourth-order valence-electron chi connectivity index (χ4n) is 7.95. The predicted octanol–water partition coefficient (Wildman–Crippen LogP) is 1.64. The first-order valence-corrected chi connectivity index (χ1v) is 12.1. The molecule has 1 N–H and O–H groups in total. The van der Waals surface area contributed by atoms with Crippen molar-refractivity contribution in [2.45, 2.75) is 58.5 Å². The number of esters is 2. The van der Waals surface area contributed by atoms with Gasteiger partial charge < -0.3 is 19.5 Å². The lowest BCUT2D eigenvalue weighted by molar-refractivity contribution is -0.181. The maximum atomic E-state index is 14.4. The standard InChI is InChI=1S/C25H33NO7/c1-13-10-26-11-15-8-17-20(29)5-4-16-18(22(30)32-3)9-25(21(16)17,23(26)31)24(15,7-6-19(13)28)12-33-14(2)27/h13,15-16,18-19,28H,4-12H2,1-3H3/t13-,15-,16-,18-,19-,24-,25+/m1/s1. The molecule has 6 aliphatic rings. The summed E-state index contributed by atoms with van der Waals surface area (Å²) in [5.41, 5.74) is -0.296. The molecule has 0 aromatic heterocycles. The van der Waals surface area contributed by atoms with Crippen LogP contribution in [0.3, 0.4) is 0 Å². The van der Waals surface area contributed by atoms with Gasteiger partial charge >= 0.3 is 11.9 Å². The van der Waals surface area contributed by atoms with Gasteiger partial charge in [-0.05, 0) is 61.0 Å². The normalized spacial score (nSPS) is 41.8. The SMILES string of the molecule is COC(=O)[C@@H]1C[C@@]23C(=O)N4C[C@@H](CC5=C2[C@@H]1CCC5=O)[C@]3(COC(C)=O)CC[C@@H](O)[C@H](C)C4. The van der Waals surface area contributed by atoms with E-state index in [-0.39, 0.29) is 48.4 Å². The molecule has 8 heteroatoms. The number of amides is 1. The zero-order chi connectivity index (χ0) is 23.7. The molecule has 1 amide bonds. The second kappa shape index (κ2) is 7.65. The van der Waals surface area contributed by atoms with Gasteiger partial charge in [-0.1, -0.05) is 6.92 Å². The summed E-state index contributed by atoms with van der Waals surface area (Å²) < 4.78 is 10.8. The third-order valence-electron chi connectivity index (χ3n) is 9.45. The molecule has 1 saturated carbocycles. The van der Waals surface area contributed by atoms with Gasteiger partial charge in [0.25, 0.3) is 0 Å². The van der Waals surface area contributed by atoms with Gasteiger partial charge in [0.05, 0.1) is 31.2 Å². The molecule has 3 heterocycles. The fraction of sp³-hybridized carbons (Fsp3) is 0.760. The highest BCUT2D eigenvalue weighted by Crippen LogP contribution is 2.72. The van der Waals surface area contributed by atoms with Crippen molar-refractivity contribution in [1.29, 1.82) is 0 Å². The highest BCUT2D eigenvalue weighted by Gasteiger charge is 2.74. The largest absolute Gasteiger partial charge is 0.469 e. The minimum Gasteiger partial charge on any atom is -0.469 e. The number of aliphatic hydroxyl groups excluding tert-OH is 1. The van der Waals surface area contributed by atoms with E-state index < -0.39 is 28.8 Å². The summed E-state index contributed by atoms with van der Waals surface area (Å²) in [6, 6.07) is 0. The van der Waals surface area contributed by atoms with Crippen LogP contribution in [0.2, 0.25) is 0 Å². The molecule has 33 heavy (non-hydrogen) atoms. The monoisotopic (exact) mass is 459 g/mol. The topological polar surface area (TPSA) is 110 Å². The number of piperidine rings is 1. The van der Waals surface area contributed by atoms with Crippen LogP contribution >= 0.6 is 0 Å². The van der Waals surface area contributed by atoms with Gasteiger partial charge in [0.15, 0.2) is 5.78 Å². The number of Topliss-reactive ketones (excluding diaryl/α,β-unsaturated/α-hetero) is 1. The van der Waals surface area contributed by atoms with Crippen molar-refractivity contribution in [3.8, 4) is 0 Å². The number of carbonyl (C=O) groups is 4. The van der Waals surface area contributed by atoms with Crippen molar-refractivity contribution >= 4 is 23.6 Å². The van der Waals surface area contributed by atoms with Crippen molar-refractivity contribution < 1.29 is 33.8 Å². The van der Waals surface area contributed by atoms with E-state index >= 15 is 0 Å². The second-order valence-electron chi connectivity index (χ2n) is 10.8. The van der Waals surface area contributed by atoms with E-state index in [2.05, 4.69) is 0 Å². The van der Waals surface area contributed by atoms with Gasteiger partial charge in [-0.25, -0.2) is 0 Å². The number of ketones is 1. The Morgan fingerprint density at radius 1 is 1.21 bits per heavy atom. The van der Waals surface area contributed by atoms with Gasteiger partial charge in [-0.15, -0.1) is 0 Å². The number of hydrogen-bond acceptors (Lipinski definition) is 7. The van der Waals surface area contributed by atoms with Crippen LogP contribution in [0, 0.1) is 34.5 Å². The molecule has 7 atom stereocenters. The van der Waals surface area contributed by atoms with Gasteiger partial charge in [0, 0.05) is 31.8 Å². The number of ether oxygens (including phenoxy) is 2. The first kappa shape index (κ1) is 22.6. The Hall–Kier alpha value is -2.22. The number of hydrogen-bond donors (Lipinski definition) is 1. The van der Waals surface area contributed by atoms with Gasteiger partial charge in [0.1, 0.15) is 0 Å². The Balaban J connectivity index is 1.77. The van der Waals surface area contributed by atoms with Crippen LogP contribution in [0.25, 0.3) is 0 Å². The third-order valence-corrected chi connectivity index (χ3v) is 9.45. The van der Waals surface area contributed by atoms with Crippen LogP contribution in [0.5, 0.6) is 0 Å². The van der Waals surface area contributed by atoms with E-state index in [1.807, 2.05) is 11.8 Å². The van der Waals surface area contributed by atoms with Crippen molar-refractivity contribution in [3.05, 3.63) is 11.1 Å². The van der Waals surface area contributed by atoms with Crippen molar-refractivity contribution in [2.24, 2.45) is 34.5 Å². The van der Waals surface area contributed by atoms with Gasteiger partial charge in [-0.2, -0.15) is 0 Å². The average Bonchev–Trinajstić information content (AvgIpc) is 3.16. The Morgan fingerprint density at radius 3 is 2.67 bits per heavy atom. The number of nitrogens with zero attached hydrogens (tertiary/aromatic N) is 1. The third kappa shape index (κ3) is 2.92. The minimum absolute atomic E-state index is 0.0548. The Bertz CT molecular complexity index is 956. The Kier molecular flexibility index (Phi) is 5.23. The van der Waals surface area contributed by atoms with Crippen molar-refractivity contribution in [2.75, 3.05) is 26.8 Å². The molecule has 1 spiro atoms. The molecule has 0 aromatic carbocycles. The van der Waals surface area contributed by atoms with E-state index in [0.29, 0.717) is 45.2 Å². The Labute approximate surface area is 193 Å². The summed E-state index contributed by atoms with van der Waals surface area (Å²) in [6.45, 7) is 4.27. The first-order valence-electron chi connectivity index (χ1n) is 12.1. The molecule has 4 bridgehead atoms. The molecule has 8 nitrogen and oxygen atoms in total. The molecular weight excluding hydrogens is 426 g/mol. The van der Waals surface area contributed by atoms with E-state index in [1.165, 1.54) is 14.0 Å². The fourth-order valence-corrected chi connectivity index (χ4v) is 7.95. The molecular formula is C25H33NO7. The van der Waals surface area contributed by atoms with Crippen LogP contribution < -0.4 is 0 Å². The lowest BCUT2D eigenvalue weighted by atomic mass is 9.45. The summed E-state index contributed by atoms with van der Waals surface area (Å²) >= 11 is 0. The van der Waals surface area contributed by atoms with Crippen LogP contribution in [-0.2, 0) is 28.7 Å². The second-order valence-corrected chi connectivity index (χ2v) is 10.8. The zero-order valence-electron chi connectivity index (χ0n) is 19.6. The number of fused-ring (bicyclic) bond motifs is 4. The molecule has 4 fully saturated rings. The maximum Gasteiger partial charge on any atom is 0.309 e. The lowest BCUT2D eigenvalue weighted by Crippen LogP contribution is -2.67. The molecule has 0 unspecified atom stereocenters. The molecule has 3 aliphatic heterocycles. The Morgan fingerprint density at radius 2 is 1.97 bits per heavy atom. The highest BCUT2D eigenvalue weighted by molar-refractivity contribution is 6.02. The quantitative estimate of drug-likeness (QED) is 0.639. The molecule has 3 aliphatic carbocycles. The number of methoxy groups -OCH3 is 1. The smallest absolute Gasteiger partial charge is 0.309 e. The van der Waals surface area contributed by atoms with E-state index in [0.717, 1.165) is 11.1 Å². The van der Waals surface area contributed by atoms with Gasteiger partial charge in [0.2, 0.25) is 5.91 Å². The molecule has 3 saturated heterocycles. The van der Waals surface area contributed by atoms with E-state index in [4.69, 9.17) is 9.47 Å². The van der Waals surface area contributed by atoms with Gasteiger partial charge in [-0.3, -0.25) is 19.2 Å². The van der Waals surface area contributed by atoms with E-state index in [1.54, 1.807) is 0 Å². The van der Waals surface area contributed by atoms with Crippen LogP contribution in [0.1, 0.15) is 52.4 Å². The number of allylic oxidation sites excluding steroid dienone is 1. The number of aliphatic hydroxyl groups is 1. The van der Waals surface area contributed by atoms with Crippen molar-refractivity contribution in [1.82, 2.24) is 4.90 Å². The number of rotatable bonds is 3. The maximum absolute atomic E-state index is 14.4. The summed E-state index contributed by atoms with van der Waals surface area (Å²) in [4.78, 5) is 54.3. The van der Waals surface area contributed by atoms with Crippen LogP contribution in [0.15, 0.2) is 11.1 Å². The van der Waals surface area contributed by atoms with Crippen molar-refractivity contribution in [3.63, 3.8) is 0 Å². The molecule has 0 radical (unpaired) electrons. The zero-order valence-corrected chi connectivity index (χ0v) is 19.6. The molecule has 6 rings (SSSR count). The summed E-state index contributed by atoms with van der Waals surface area (Å²) in [6.07, 6.45) is 2.10. The summed E-state index contributed by atoms with van der Waals surface area (Å²) in [7, 11) is 1.36. The minimum atomic E-state index is -1.08. The average molecular weight is 460 g/mol. The summed E-state index contributed by atoms with van der Waals surface area (Å²) in [5, 5.41) is 10.8.